The Morgan fingerprint density at radius 1 is 1.43 bits per heavy atom. The lowest BCUT2D eigenvalue weighted by atomic mass is 10.3. The normalized spacial score (nSPS) is 20.7. The molecule has 0 saturated heterocycles. The van der Waals surface area contributed by atoms with Crippen molar-refractivity contribution in [3.8, 4) is 0 Å². The number of sulfonamides is 1. The van der Waals surface area contributed by atoms with E-state index in [9.17, 15) is 8.42 Å². The minimum absolute atomic E-state index is 0.472. The van der Waals surface area contributed by atoms with Crippen molar-refractivity contribution < 1.29 is 8.42 Å². The summed E-state index contributed by atoms with van der Waals surface area (Å²) in [7, 11) is -3.17. The predicted molar refractivity (Wildman–Crippen MR) is 61.9 cm³/mol. The number of rotatable bonds is 1. The molecule has 0 spiro atoms. The van der Waals surface area contributed by atoms with Crippen molar-refractivity contribution in [2.45, 2.75) is 31.9 Å². The molecule has 1 heterocycles. The summed E-state index contributed by atoms with van der Waals surface area (Å²) >= 11 is 3.34. The van der Waals surface area contributed by atoms with Crippen molar-refractivity contribution in [2.24, 2.45) is 0 Å². The summed E-state index contributed by atoms with van der Waals surface area (Å²) in [5.74, 6) is 0. The molecule has 3 nitrogen and oxygen atoms in total. The van der Waals surface area contributed by atoms with E-state index in [2.05, 4.69) is 15.9 Å². The van der Waals surface area contributed by atoms with Crippen molar-refractivity contribution in [3.63, 3.8) is 0 Å². The maximum Gasteiger partial charge on any atom is 0.219 e. The van der Waals surface area contributed by atoms with Gasteiger partial charge in [-0.3, -0.25) is 0 Å². The Labute approximate surface area is 94.4 Å². The van der Waals surface area contributed by atoms with E-state index in [1.165, 1.54) is 4.31 Å². The molecule has 82 valence electrons. The molecule has 0 N–H and O–H groups in total. The average molecular weight is 282 g/mol. The highest BCUT2D eigenvalue weighted by molar-refractivity contribution is 9.11. The molecule has 0 aliphatic carbocycles. The van der Waals surface area contributed by atoms with Gasteiger partial charge in [-0.25, -0.2) is 8.42 Å². The topological polar surface area (TPSA) is 37.4 Å². The third kappa shape index (κ3) is 2.38. The molecule has 0 unspecified atom stereocenters. The van der Waals surface area contributed by atoms with Gasteiger partial charge in [0.25, 0.3) is 0 Å². The average Bonchev–Trinajstić information content (AvgIpc) is 2.02. The first-order valence-corrected chi connectivity index (χ1v) is 6.83. The molecule has 1 rings (SSSR count). The van der Waals surface area contributed by atoms with Gasteiger partial charge < -0.3 is 0 Å². The van der Waals surface area contributed by atoms with Gasteiger partial charge in [-0.2, -0.15) is 4.31 Å². The maximum atomic E-state index is 12.0. The van der Waals surface area contributed by atoms with E-state index < -0.39 is 14.8 Å². The molecule has 14 heavy (non-hydrogen) atoms. The molecule has 0 aromatic rings. The summed E-state index contributed by atoms with van der Waals surface area (Å²) in [6.07, 6.45) is 2.81. The molecule has 0 bridgehead atoms. The lowest BCUT2D eigenvalue weighted by molar-refractivity contribution is 0.415. The Kier molecular flexibility index (Phi) is 3.44. The first-order valence-electron chi connectivity index (χ1n) is 4.59. The summed E-state index contributed by atoms with van der Waals surface area (Å²) in [6, 6.07) is 0. The van der Waals surface area contributed by atoms with Crippen LogP contribution in [0.5, 0.6) is 0 Å². The van der Waals surface area contributed by atoms with Crippen LogP contribution in [0.3, 0.4) is 0 Å². The fourth-order valence-electron chi connectivity index (χ4n) is 1.27. The third-order valence-corrected chi connectivity index (χ3v) is 5.30. The first kappa shape index (κ1) is 12.2. The van der Waals surface area contributed by atoms with Crippen molar-refractivity contribution in [2.75, 3.05) is 13.1 Å². The second kappa shape index (κ2) is 3.94. The van der Waals surface area contributed by atoms with E-state index in [1.54, 1.807) is 20.8 Å². The molecular weight excluding hydrogens is 266 g/mol. The quantitative estimate of drug-likeness (QED) is 0.738. The van der Waals surface area contributed by atoms with Gasteiger partial charge in [-0.1, -0.05) is 22.0 Å². The summed E-state index contributed by atoms with van der Waals surface area (Å²) in [5.41, 5.74) is 0. The number of hydrogen-bond donors (Lipinski definition) is 0. The largest absolute Gasteiger partial charge is 0.219 e. The van der Waals surface area contributed by atoms with Crippen LogP contribution < -0.4 is 0 Å². The highest BCUT2D eigenvalue weighted by atomic mass is 79.9. The van der Waals surface area contributed by atoms with E-state index in [1.807, 2.05) is 6.08 Å². The van der Waals surface area contributed by atoms with Gasteiger partial charge >= 0.3 is 0 Å². The molecule has 0 amide bonds. The summed E-state index contributed by atoms with van der Waals surface area (Å²) in [5, 5.41) is 0. The molecule has 0 atom stereocenters. The van der Waals surface area contributed by atoms with Gasteiger partial charge in [-0.15, -0.1) is 0 Å². The van der Waals surface area contributed by atoms with Gasteiger partial charge in [0.1, 0.15) is 0 Å². The molecule has 0 aromatic carbocycles. The van der Waals surface area contributed by atoms with Crippen LogP contribution in [-0.2, 0) is 10.0 Å². The fraction of sp³-hybridized carbons (Fsp3) is 0.778. The Hall–Kier alpha value is 0.130. The number of hydrogen-bond acceptors (Lipinski definition) is 2. The van der Waals surface area contributed by atoms with Crippen LogP contribution >= 0.6 is 15.9 Å². The zero-order valence-electron chi connectivity index (χ0n) is 8.75. The molecule has 0 saturated carbocycles. The standard InChI is InChI=1S/C9H16BrNO2S/c1-9(2,3)14(12,13)11-6-4-5-8(10)7-11/h5H,4,6-7H2,1-3H3. The smallest absolute Gasteiger partial charge is 0.212 e. The van der Waals surface area contributed by atoms with Crippen LogP contribution in [0, 0.1) is 0 Å². The van der Waals surface area contributed by atoms with Crippen LogP contribution in [0.15, 0.2) is 10.6 Å². The van der Waals surface area contributed by atoms with Crippen molar-refractivity contribution >= 4 is 26.0 Å². The SMILES string of the molecule is CC(C)(C)S(=O)(=O)N1CCC=C(Br)C1. The van der Waals surface area contributed by atoms with Crippen molar-refractivity contribution in [1.82, 2.24) is 4.31 Å². The van der Waals surface area contributed by atoms with Crippen molar-refractivity contribution in [1.29, 1.82) is 0 Å². The lowest BCUT2D eigenvalue weighted by Crippen LogP contribution is -2.44. The van der Waals surface area contributed by atoms with E-state index in [4.69, 9.17) is 0 Å². The maximum absolute atomic E-state index is 12.0. The Morgan fingerprint density at radius 2 is 2.00 bits per heavy atom. The Bertz CT molecular complexity index is 340. The van der Waals surface area contributed by atoms with E-state index in [0.717, 1.165) is 10.9 Å². The fourth-order valence-corrected chi connectivity index (χ4v) is 3.40. The van der Waals surface area contributed by atoms with Gasteiger partial charge in [0, 0.05) is 17.6 Å². The van der Waals surface area contributed by atoms with Crippen LogP contribution in [0.1, 0.15) is 27.2 Å². The van der Waals surface area contributed by atoms with Gasteiger partial charge in [-0.05, 0) is 27.2 Å². The second-order valence-corrected chi connectivity index (χ2v) is 8.10. The van der Waals surface area contributed by atoms with Gasteiger partial charge in [0.15, 0.2) is 0 Å². The van der Waals surface area contributed by atoms with Crippen LogP contribution in [0.25, 0.3) is 0 Å². The zero-order chi connectivity index (χ0) is 11.0. The molecule has 0 aromatic heterocycles. The van der Waals surface area contributed by atoms with Gasteiger partial charge in [0.2, 0.25) is 10.0 Å². The highest BCUT2D eigenvalue weighted by Gasteiger charge is 2.35. The van der Waals surface area contributed by atoms with Gasteiger partial charge in [0.05, 0.1) is 4.75 Å². The van der Waals surface area contributed by atoms with Crippen molar-refractivity contribution in [3.05, 3.63) is 10.6 Å². The minimum atomic E-state index is -3.17. The number of nitrogens with zero attached hydrogens (tertiary/aromatic N) is 1. The third-order valence-electron chi connectivity index (χ3n) is 2.19. The molecule has 5 heteroatoms. The minimum Gasteiger partial charge on any atom is -0.212 e. The van der Waals surface area contributed by atoms with Crippen LogP contribution in [-0.4, -0.2) is 30.6 Å². The van der Waals surface area contributed by atoms with E-state index in [-0.39, 0.29) is 0 Å². The summed E-state index contributed by atoms with van der Waals surface area (Å²) in [4.78, 5) is 0. The lowest BCUT2D eigenvalue weighted by Gasteiger charge is -2.31. The first-order chi connectivity index (χ1) is 6.25. The van der Waals surface area contributed by atoms with Crippen LogP contribution in [0.4, 0.5) is 0 Å². The molecule has 1 aliphatic heterocycles. The monoisotopic (exact) mass is 281 g/mol. The van der Waals surface area contributed by atoms with Crippen LogP contribution in [0.2, 0.25) is 0 Å². The molecular formula is C9H16BrNO2S. The number of halogens is 1. The molecule has 1 aliphatic rings. The van der Waals surface area contributed by atoms with E-state index >= 15 is 0 Å². The summed E-state index contributed by atoms with van der Waals surface area (Å²) < 4.78 is 25.8. The Morgan fingerprint density at radius 3 is 2.43 bits per heavy atom. The highest BCUT2D eigenvalue weighted by Crippen LogP contribution is 2.25. The molecule has 0 fully saturated rings. The summed E-state index contributed by atoms with van der Waals surface area (Å²) in [6.45, 7) is 6.26. The second-order valence-electron chi connectivity index (χ2n) is 4.39. The predicted octanol–water partition coefficient (Wildman–Crippen LogP) is 2.10. The zero-order valence-corrected chi connectivity index (χ0v) is 11.2. The molecule has 0 radical (unpaired) electrons. The van der Waals surface area contributed by atoms with E-state index in [0.29, 0.717) is 13.1 Å². The Balaban J connectivity index is 2.91.